The molecule has 0 aromatic heterocycles. The molecule has 3 heteroatoms. The van der Waals surface area contributed by atoms with Crippen molar-refractivity contribution in [2.24, 2.45) is 0 Å². The predicted molar refractivity (Wildman–Crippen MR) is 52.7 cm³/mol. The van der Waals surface area contributed by atoms with Gasteiger partial charge >= 0.3 is 0 Å². The fraction of sp³-hybridized carbons (Fsp3) is 0.273. The predicted octanol–water partition coefficient (Wildman–Crippen LogP) is 2.14. The molecule has 1 N–H and O–H groups in total. The molecule has 1 rings (SSSR count). The number of aliphatic hydroxyl groups is 1. The molecule has 14 heavy (non-hydrogen) atoms. The topological polar surface area (TPSA) is 29.5 Å². The Morgan fingerprint density at radius 1 is 1.57 bits per heavy atom. The van der Waals surface area contributed by atoms with Crippen LogP contribution < -0.4 is 4.74 Å². The minimum atomic E-state index is -0.566. The third-order valence-corrected chi connectivity index (χ3v) is 1.75. The zero-order valence-corrected chi connectivity index (χ0v) is 7.82. The van der Waals surface area contributed by atoms with Crippen molar-refractivity contribution in [1.82, 2.24) is 0 Å². The van der Waals surface area contributed by atoms with Crippen molar-refractivity contribution in [3.8, 4) is 5.75 Å². The number of hydrogen-bond donors (Lipinski definition) is 1. The monoisotopic (exact) mass is 196 g/mol. The third kappa shape index (κ3) is 3.58. The molecule has 0 saturated heterocycles. The molecular formula is C11H13FO2. The number of ether oxygens (including phenoxy) is 1. The molecule has 0 heterocycles. The molecule has 1 unspecified atom stereocenters. The molecule has 2 nitrogen and oxygen atoms in total. The SMILES string of the molecule is C=CC(O)CCOc1cccc(F)c1. The van der Waals surface area contributed by atoms with Crippen LogP contribution in [-0.4, -0.2) is 17.8 Å². The van der Waals surface area contributed by atoms with Gasteiger partial charge in [0.25, 0.3) is 0 Å². The van der Waals surface area contributed by atoms with Gasteiger partial charge in [-0.15, -0.1) is 6.58 Å². The van der Waals surface area contributed by atoms with Gasteiger partial charge in [0, 0.05) is 12.5 Å². The van der Waals surface area contributed by atoms with E-state index in [-0.39, 0.29) is 5.82 Å². The first-order valence-electron chi connectivity index (χ1n) is 4.41. The lowest BCUT2D eigenvalue weighted by Gasteiger charge is -2.07. The summed E-state index contributed by atoms with van der Waals surface area (Å²) in [4.78, 5) is 0. The highest BCUT2D eigenvalue weighted by Crippen LogP contribution is 2.12. The Bertz CT molecular complexity index is 299. The van der Waals surface area contributed by atoms with Crippen molar-refractivity contribution in [1.29, 1.82) is 0 Å². The van der Waals surface area contributed by atoms with Crippen LogP contribution in [0.4, 0.5) is 4.39 Å². The van der Waals surface area contributed by atoms with Crippen LogP contribution in [0, 0.1) is 5.82 Å². The highest BCUT2D eigenvalue weighted by molar-refractivity contribution is 5.22. The lowest BCUT2D eigenvalue weighted by Crippen LogP contribution is -2.08. The van der Waals surface area contributed by atoms with Crippen molar-refractivity contribution in [2.45, 2.75) is 12.5 Å². The second-order valence-electron chi connectivity index (χ2n) is 2.90. The highest BCUT2D eigenvalue weighted by Gasteiger charge is 1.99. The van der Waals surface area contributed by atoms with E-state index in [0.717, 1.165) is 0 Å². The minimum absolute atomic E-state index is 0.327. The van der Waals surface area contributed by atoms with E-state index in [2.05, 4.69) is 6.58 Å². The molecule has 0 spiro atoms. The number of rotatable bonds is 5. The summed E-state index contributed by atoms with van der Waals surface area (Å²) in [5.41, 5.74) is 0. The van der Waals surface area contributed by atoms with Gasteiger partial charge in [0.1, 0.15) is 11.6 Å². The van der Waals surface area contributed by atoms with Crippen LogP contribution in [-0.2, 0) is 0 Å². The molecule has 1 aromatic rings. The fourth-order valence-electron chi connectivity index (χ4n) is 0.972. The number of hydrogen-bond acceptors (Lipinski definition) is 2. The molecule has 76 valence electrons. The molecule has 0 aliphatic carbocycles. The normalized spacial score (nSPS) is 12.1. The van der Waals surface area contributed by atoms with Crippen LogP contribution in [0.25, 0.3) is 0 Å². The van der Waals surface area contributed by atoms with Crippen molar-refractivity contribution in [3.63, 3.8) is 0 Å². The molecule has 0 radical (unpaired) electrons. The summed E-state index contributed by atoms with van der Waals surface area (Å²) in [5.74, 6) is 0.146. The van der Waals surface area contributed by atoms with Gasteiger partial charge in [-0.3, -0.25) is 0 Å². The van der Waals surface area contributed by atoms with E-state index in [1.807, 2.05) is 0 Å². The Kier molecular flexibility index (Phi) is 4.13. The number of aliphatic hydroxyl groups excluding tert-OH is 1. The van der Waals surface area contributed by atoms with E-state index in [0.29, 0.717) is 18.8 Å². The van der Waals surface area contributed by atoms with Gasteiger partial charge in [0.2, 0.25) is 0 Å². The molecule has 0 aliphatic heterocycles. The van der Waals surface area contributed by atoms with Gasteiger partial charge in [0.05, 0.1) is 12.7 Å². The summed E-state index contributed by atoms with van der Waals surface area (Å²) >= 11 is 0. The Labute approximate surface area is 82.6 Å². The number of benzene rings is 1. The van der Waals surface area contributed by atoms with Crippen LogP contribution >= 0.6 is 0 Å². The van der Waals surface area contributed by atoms with Crippen LogP contribution in [0.15, 0.2) is 36.9 Å². The van der Waals surface area contributed by atoms with E-state index in [1.54, 1.807) is 12.1 Å². The van der Waals surface area contributed by atoms with Crippen molar-refractivity contribution < 1.29 is 14.2 Å². The van der Waals surface area contributed by atoms with Crippen molar-refractivity contribution >= 4 is 0 Å². The average Bonchev–Trinajstić information content (AvgIpc) is 2.17. The Balaban J connectivity index is 2.34. The zero-order valence-electron chi connectivity index (χ0n) is 7.82. The standard InChI is InChI=1S/C11H13FO2/c1-2-10(13)6-7-14-11-5-3-4-9(12)8-11/h2-5,8,10,13H,1,6-7H2. The Hall–Kier alpha value is -1.35. The van der Waals surface area contributed by atoms with Crippen molar-refractivity contribution in [3.05, 3.63) is 42.7 Å². The van der Waals surface area contributed by atoms with E-state index < -0.39 is 6.10 Å². The Morgan fingerprint density at radius 3 is 3.00 bits per heavy atom. The maximum absolute atomic E-state index is 12.7. The van der Waals surface area contributed by atoms with Gasteiger partial charge in [0.15, 0.2) is 0 Å². The second-order valence-corrected chi connectivity index (χ2v) is 2.90. The van der Waals surface area contributed by atoms with Gasteiger partial charge in [-0.2, -0.15) is 0 Å². The van der Waals surface area contributed by atoms with E-state index >= 15 is 0 Å². The molecule has 1 atom stereocenters. The first-order chi connectivity index (χ1) is 6.72. The quantitative estimate of drug-likeness (QED) is 0.731. The molecule has 0 saturated carbocycles. The lowest BCUT2D eigenvalue weighted by molar-refractivity contribution is 0.178. The summed E-state index contributed by atoms with van der Waals surface area (Å²) in [7, 11) is 0. The molecule has 0 aliphatic rings. The fourth-order valence-corrected chi connectivity index (χ4v) is 0.972. The van der Waals surface area contributed by atoms with Crippen LogP contribution in [0.3, 0.4) is 0 Å². The smallest absolute Gasteiger partial charge is 0.126 e. The molecule has 0 bridgehead atoms. The average molecular weight is 196 g/mol. The summed E-state index contributed by atoms with van der Waals surface area (Å²) in [6.07, 6.45) is 1.33. The first kappa shape index (κ1) is 10.7. The molecule has 1 aromatic carbocycles. The first-order valence-corrected chi connectivity index (χ1v) is 4.41. The van der Waals surface area contributed by atoms with E-state index in [9.17, 15) is 4.39 Å². The van der Waals surface area contributed by atoms with Crippen LogP contribution in [0.1, 0.15) is 6.42 Å². The summed E-state index contributed by atoms with van der Waals surface area (Å²) in [6.45, 7) is 3.78. The van der Waals surface area contributed by atoms with Crippen molar-refractivity contribution in [2.75, 3.05) is 6.61 Å². The molecular weight excluding hydrogens is 183 g/mol. The zero-order chi connectivity index (χ0) is 10.4. The van der Waals surface area contributed by atoms with Gasteiger partial charge in [-0.1, -0.05) is 12.1 Å². The highest BCUT2D eigenvalue weighted by atomic mass is 19.1. The van der Waals surface area contributed by atoms with Crippen LogP contribution in [0.5, 0.6) is 5.75 Å². The lowest BCUT2D eigenvalue weighted by atomic mass is 10.2. The van der Waals surface area contributed by atoms with Gasteiger partial charge in [-0.25, -0.2) is 4.39 Å². The van der Waals surface area contributed by atoms with Gasteiger partial charge in [-0.05, 0) is 12.1 Å². The number of halogens is 1. The minimum Gasteiger partial charge on any atom is -0.493 e. The van der Waals surface area contributed by atoms with E-state index in [1.165, 1.54) is 18.2 Å². The largest absolute Gasteiger partial charge is 0.493 e. The van der Waals surface area contributed by atoms with E-state index in [4.69, 9.17) is 9.84 Å². The third-order valence-electron chi connectivity index (χ3n) is 1.75. The Morgan fingerprint density at radius 2 is 2.36 bits per heavy atom. The second kappa shape index (κ2) is 5.40. The maximum Gasteiger partial charge on any atom is 0.126 e. The molecule has 0 fully saturated rings. The summed E-state index contributed by atoms with van der Waals surface area (Å²) in [6, 6.07) is 5.91. The molecule has 0 amide bonds. The van der Waals surface area contributed by atoms with Gasteiger partial charge < -0.3 is 9.84 Å². The summed E-state index contributed by atoms with van der Waals surface area (Å²) < 4.78 is 17.9. The van der Waals surface area contributed by atoms with Crippen LogP contribution in [0.2, 0.25) is 0 Å². The maximum atomic E-state index is 12.7. The summed E-state index contributed by atoms with van der Waals surface area (Å²) in [5, 5.41) is 9.12.